The van der Waals surface area contributed by atoms with E-state index in [1.165, 1.54) is 4.90 Å². The van der Waals surface area contributed by atoms with Crippen LogP contribution >= 0.6 is 0 Å². The van der Waals surface area contributed by atoms with Crippen molar-refractivity contribution in [2.45, 2.75) is 25.3 Å². The number of rotatable bonds is 5. The van der Waals surface area contributed by atoms with Gasteiger partial charge in [0.2, 0.25) is 5.91 Å². The summed E-state index contributed by atoms with van der Waals surface area (Å²) in [6, 6.07) is 12.5. The average Bonchev–Trinajstić information content (AvgIpc) is 3.11. The molecule has 1 heterocycles. The predicted molar refractivity (Wildman–Crippen MR) is 93.3 cm³/mol. The Bertz CT molecular complexity index is 818. The largest absolute Gasteiger partial charge is 0.480 e. The van der Waals surface area contributed by atoms with E-state index < -0.39 is 12.0 Å². The number of benzene rings is 2. The van der Waals surface area contributed by atoms with Gasteiger partial charge >= 0.3 is 5.97 Å². The number of carboxylic acids is 1. The lowest BCUT2D eigenvalue weighted by Gasteiger charge is -2.21. The van der Waals surface area contributed by atoms with Crippen LogP contribution in [0.25, 0.3) is 10.8 Å². The molecule has 0 spiro atoms. The zero-order chi connectivity index (χ0) is 17.8. The second kappa shape index (κ2) is 7.34. The fourth-order valence-electron chi connectivity index (χ4n) is 3.18. The van der Waals surface area contributed by atoms with Gasteiger partial charge in [0, 0.05) is 25.1 Å². The fourth-order valence-corrected chi connectivity index (χ4v) is 3.18. The minimum Gasteiger partial charge on any atom is -0.480 e. The molecule has 130 valence electrons. The lowest BCUT2D eigenvalue weighted by Crippen LogP contribution is -2.41. The summed E-state index contributed by atoms with van der Waals surface area (Å²) in [7, 11) is 0. The molecular formula is C19H20N2O4. The first-order valence-electron chi connectivity index (χ1n) is 8.35. The Balaban J connectivity index is 1.55. The Kier molecular flexibility index (Phi) is 4.97. The highest BCUT2D eigenvalue weighted by Crippen LogP contribution is 2.18. The maximum atomic E-state index is 12.2. The van der Waals surface area contributed by atoms with Crippen molar-refractivity contribution in [2.24, 2.45) is 0 Å². The molecule has 2 N–H and O–H groups in total. The molecule has 0 aromatic heterocycles. The van der Waals surface area contributed by atoms with Gasteiger partial charge < -0.3 is 15.3 Å². The number of amides is 2. The summed E-state index contributed by atoms with van der Waals surface area (Å²) < 4.78 is 0. The summed E-state index contributed by atoms with van der Waals surface area (Å²) in [5, 5.41) is 13.9. The van der Waals surface area contributed by atoms with E-state index in [4.69, 9.17) is 5.11 Å². The highest BCUT2D eigenvalue weighted by atomic mass is 16.4. The monoisotopic (exact) mass is 340 g/mol. The van der Waals surface area contributed by atoms with Crippen LogP contribution in [-0.2, 0) is 9.59 Å². The number of carboxylic acid groups (broad SMARTS) is 1. The molecule has 3 rings (SSSR count). The minimum absolute atomic E-state index is 0.100. The molecule has 2 amide bonds. The summed E-state index contributed by atoms with van der Waals surface area (Å²) >= 11 is 0. The summed E-state index contributed by atoms with van der Waals surface area (Å²) in [4.78, 5) is 36.9. The molecule has 1 unspecified atom stereocenters. The Morgan fingerprint density at radius 3 is 2.64 bits per heavy atom. The highest BCUT2D eigenvalue weighted by molar-refractivity contribution is 5.98. The molecule has 0 bridgehead atoms. The number of aliphatic carboxylic acids is 1. The standard InChI is InChI=1S/C19H20N2O4/c22-17(21-11-3-6-16(21)19(24)25)9-10-20-18(23)15-8-7-13-4-1-2-5-14(13)12-15/h1-2,4-5,7-8,12,16H,3,6,9-11H2,(H,20,23)(H,24,25). The second-order valence-corrected chi connectivity index (χ2v) is 6.15. The lowest BCUT2D eigenvalue weighted by atomic mass is 10.1. The van der Waals surface area contributed by atoms with Crippen molar-refractivity contribution in [3.63, 3.8) is 0 Å². The maximum absolute atomic E-state index is 12.2. The Labute approximate surface area is 145 Å². The topological polar surface area (TPSA) is 86.7 Å². The van der Waals surface area contributed by atoms with Gasteiger partial charge in [-0.1, -0.05) is 30.3 Å². The number of hydrogen-bond donors (Lipinski definition) is 2. The molecule has 1 atom stereocenters. The minimum atomic E-state index is -0.967. The first-order chi connectivity index (χ1) is 12.1. The smallest absolute Gasteiger partial charge is 0.326 e. The van der Waals surface area contributed by atoms with Gasteiger partial charge in [0.05, 0.1) is 0 Å². The van der Waals surface area contributed by atoms with Crippen LogP contribution in [0.3, 0.4) is 0 Å². The molecular weight excluding hydrogens is 320 g/mol. The zero-order valence-electron chi connectivity index (χ0n) is 13.8. The van der Waals surface area contributed by atoms with Crippen molar-refractivity contribution in [2.75, 3.05) is 13.1 Å². The van der Waals surface area contributed by atoms with Gasteiger partial charge in [0.15, 0.2) is 0 Å². The van der Waals surface area contributed by atoms with Crippen molar-refractivity contribution >= 4 is 28.6 Å². The third kappa shape index (κ3) is 3.79. The van der Waals surface area contributed by atoms with Crippen LogP contribution in [0, 0.1) is 0 Å². The van der Waals surface area contributed by atoms with Crippen molar-refractivity contribution in [3.8, 4) is 0 Å². The number of nitrogens with one attached hydrogen (secondary N) is 1. The first-order valence-corrected chi connectivity index (χ1v) is 8.35. The Morgan fingerprint density at radius 1 is 1.12 bits per heavy atom. The van der Waals surface area contributed by atoms with E-state index in [9.17, 15) is 14.4 Å². The van der Waals surface area contributed by atoms with Crippen molar-refractivity contribution < 1.29 is 19.5 Å². The van der Waals surface area contributed by atoms with Crippen molar-refractivity contribution in [3.05, 3.63) is 48.0 Å². The number of carbonyl (C=O) groups is 3. The number of carbonyl (C=O) groups excluding carboxylic acids is 2. The molecule has 0 aliphatic carbocycles. The molecule has 1 aliphatic heterocycles. The summed E-state index contributed by atoms with van der Waals surface area (Å²) in [6.07, 6.45) is 1.29. The van der Waals surface area contributed by atoms with E-state index in [-0.39, 0.29) is 24.8 Å². The normalized spacial score (nSPS) is 16.8. The molecule has 1 fully saturated rings. The van der Waals surface area contributed by atoms with Gasteiger partial charge in [0.25, 0.3) is 5.91 Å². The van der Waals surface area contributed by atoms with E-state index in [0.717, 1.165) is 10.8 Å². The van der Waals surface area contributed by atoms with Crippen LogP contribution in [0.5, 0.6) is 0 Å². The van der Waals surface area contributed by atoms with E-state index in [0.29, 0.717) is 24.9 Å². The molecule has 0 radical (unpaired) electrons. The van der Waals surface area contributed by atoms with E-state index in [1.807, 2.05) is 36.4 Å². The van der Waals surface area contributed by atoms with Gasteiger partial charge in [-0.05, 0) is 35.7 Å². The van der Waals surface area contributed by atoms with E-state index in [2.05, 4.69) is 5.32 Å². The lowest BCUT2D eigenvalue weighted by molar-refractivity contribution is -0.148. The molecule has 2 aromatic carbocycles. The summed E-state index contributed by atoms with van der Waals surface area (Å²) in [5.74, 6) is -1.44. The second-order valence-electron chi connectivity index (χ2n) is 6.15. The third-order valence-electron chi connectivity index (χ3n) is 4.49. The van der Waals surface area contributed by atoms with Gasteiger partial charge in [0.1, 0.15) is 6.04 Å². The molecule has 1 saturated heterocycles. The Hall–Kier alpha value is -2.89. The predicted octanol–water partition coefficient (Wildman–Crippen LogP) is 2.04. The van der Waals surface area contributed by atoms with E-state index in [1.54, 1.807) is 6.07 Å². The zero-order valence-corrected chi connectivity index (χ0v) is 13.8. The van der Waals surface area contributed by atoms with Crippen molar-refractivity contribution in [1.29, 1.82) is 0 Å². The number of nitrogens with zero attached hydrogens (tertiary/aromatic N) is 1. The summed E-state index contributed by atoms with van der Waals surface area (Å²) in [6.45, 7) is 0.655. The average molecular weight is 340 g/mol. The van der Waals surface area contributed by atoms with Crippen LogP contribution in [-0.4, -0.2) is 46.9 Å². The van der Waals surface area contributed by atoms with Crippen LogP contribution in [0.2, 0.25) is 0 Å². The molecule has 0 saturated carbocycles. The molecule has 25 heavy (non-hydrogen) atoms. The van der Waals surface area contributed by atoms with E-state index >= 15 is 0 Å². The van der Waals surface area contributed by atoms with Gasteiger partial charge in [-0.25, -0.2) is 4.79 Å². The van der Waals surface area contributed by atoms with Crippen molar-refractivity contribution in [1.82, 2.24) is 10.2 Å². The van der Waals surface area contributed by atoms with Crippen LogP contribution in [0.1, 0.15) is 29.6 Å². The third-order valence-corrected chi connectivity index (χ3v) is 4.49. The number of fused-ring (bicyclic) bond motifs is 1. The SMILES string of the molecule is O=C(NCCC(=O)N1CCCC1C(=O)O)c1ccc2ccccc2c1. The quantitative estimate of drug-likeness (QED) is 0.872. The van der Waals surface area contributed by atoms with Crippen LogP contribution in [0.4, 0.5) is 0 Å². The van der Waals surface area contributed by atoms with Gasteiger partial charge in [-0.15, -0.1) is 0 Å². The highest BCUT2D eigenvalue weighted by Gasteiger charge is 2.33. The number of hydrogen-bond acceptors (Lipinski definition) is 3. The Morgan fingerprint density at radius 2 is 1.88 bits per heavy atom. The van der Waals surface area contributed by atoms with Crippen LogP contribution < -0.4 is 5.32 Å². The fraction of sp³-hybridized carbons (Fsp3) is 0.316. The first kappa shape index (κ1) is 17.0. The molecule has 1 aliphatic rings. The molecule has 6 heteroatoms. The molecule has 6 nitrogen and oxygen atoms in total. The number of likely N-dealkylation sites (tertiary alicyclic amines) is 1. The maximum Gasteiger partial charge on any atom is 0.326 e. The van der Waals surface area contributed by atoms with Gasteiger partial charge in [-0.2, -0.15) is 0 Å². The molecule has 2 aromatic rings. The van der Waals surface area contributed by atoms with Gasteiger partial charge in [-0.3, -0.25) is 9.59 Å². The summed E-state index contributed by atoms with van der Waals surface area (Å²) in [5.41, 5.74) is 0.538. The van der Waals surface area contributed by atoms with Crippen LogP contribution in [0.15, 0.2) is 42.5 Å².